The maximum Gasteiger partial charge on any atom is 0.225 e. The highest BCUT2D eigenvalue weighted by atomic mass is 16.1. The number of carbonyl (C=O) groups excluding carboxylic acids is 1. The van der Waals surface area contributed by atoms with Crippen molar-refractivity contribution < 1.29 is 4.79 Å². The van der Waals surface area contributed by atoms with E-state index in [1.807, 2.05) is 19.1 Å². The van der Waals surface area contributed by atoms with Crippen molar-refractivity contribution in [1.29, 1.82) is 0 Å². The van der Waals surface area contributed by atoms with Gasteiger partial charge in [0.1, 0.15) is 0 Å². The Morgan fingerprint density at radius 3 is 2.67 bits per heavy atom. The van der Waals surface area contributed by atoms with Gasteiger partial charge in [0.25, 0.3) is 0 Å². The third-order valence-corrected chi connectivity index (χ3v) is 3.51. The maximum atomic E-state index is 11.9. The van der Waals surface area contributed by atoms with Crippen molar-refractivity contribution >= 4 is 11.6 Å². The number of aryl methyl sites for hydroxylation is 2. The first-order valence-corrected chi connectivity index (χ1v) is 6.74. The summed E-state index contributed by atoms with van der Waals surface area (Å²) in [6, 6.07) is 6.11. The summed E-state index contributed by atoms with van der Waals surface area (Å²) in [6.07, 6.45) is 3.14. The quantitative estimate of drug-likeness (QED) is 0.886. The average Bonchev–Trinajstić information content (AvgIpc) is 2.83. The topological polar surface area (TPSA) is 32.3 Å². The van der Waals surface area contributed by atoms with Gasteiger partial charge in [-0.2, -0.15) is 0 Å². The number of benzene rings is 1. The monoisotopic (exact) mass is 246 g/mol. The van der Waals surface area contributed by atoms with Crippen LogP contribution < -0.4 is 5.32 Å². The Labute approximate surface area is 109 Å². The molecule has 0 radical (unpaired) electrons. The van der Waals surface area contributed by atoms with Crippen molar-refractivity contribution in [3.63, 3.8) is 0 Å². The van der Waals surface area contributed by atoms with Crippen LogP contribution in [0, 0.1) is 13.8 Å². The molecule has 1 heterocycles. The van der Waals surface area contributed by atoms with Gasteiger partial charge in [0.15, 0.2) is 0 Å². The summed E-state index contributed by atoms with van der Waals surface area (Å²) in [5, 5.41) is 3.00. The maximum absolute atomic E-state index is 11.9. The molecule has 0 aromatic heterocycles. The normalized spacial score (nSPS) is 15.9. The predicted octanol–water partition coefficient (Wildman–Crippen LogP) is 2.73. The highest BCUT2D eigenvalue weighted by Crippen LogP contribution is 2.16. The number of nitrogens with zero attached hydrogens (tertiary/aromatic N) is 1. The minimum atomic E-state index is 0.119. The number of carbonyl (C=O) groups is 1. The lowest BCUT2D eigenvalue weighted by molar-refractivity contribution is -0.116. The Hall–Kier alpha value is -1.35. The second-order valence-electron chi connectivity index (χ2n) is 5.17. The molecule has 98 valence electrons. The highest BCUT2D eigenvalue weighted by molar-refractivity contribution is 5.91. The summed E-state index contributed by atoms with van der Waals surface area (Å²) in [6.45, 7) is 7.28. The van der Waals surface area contributed by atoms with E-state index in [1.165, 1.54) is 18.4 Å². The van der Waals surface area contributed by atoms with Gasteiger partial charge >= 0.3 is 0 Å². The molecule has 1 aliphatic heterocycles. The molecule has 3 heteroatoms. The van der Waals surface area contributed by atoms with E-state index in [1.54, 1.807) is 0 Å². The van der Waals surface area contributed by atoms with E-state index < -0.39 is 0 Å². The van der Waals surface area contributed by atoms with Crippen molar-refractivity contribution in [2.45, 2.75) is 33.1 Å². The molecule has 1 saturated heterocycles. The first-order valence-electron chi connectivity index (χ1n) is 6.74. The van der Waals surface area contributed by atoms with E-state index in [0.717, 1.165) is 30.9 Å². The number of rotatable bonds is 4. The molecule has 18 heavy (non-hydrogen) atoms. The number of hydrogen-bond acceptors (Lipinski definition) is 2. The zero-order chi connectivity index (χ0) is 13.0. The van der Waals surface area contributed by atoms with Crippen LogP contribution in [0.5, 0.6) is 0 Å². The number of hydrogen-bond donors (Lipinski definition) is 1. The smallest absolute Gasteiger partial charge is 0.225 e. The summed E-state index contributed by atoms with van der Waals surface area (Å²) in [5.74, 6) is 0.119. The molecule has 2 rings (SSSR count). The van der Waals surface area contributed by atoms with Gasteiger partial charge in [0.2, 0.25) is 5.91 Å². The lowest BCUT2D eigenvalue weighted by Crippen LogP contribution is -2.25. The average molecular weight is 246 g/mol. The summed E-state index contributed by atoms with van der Waals surface area (Å²) >= 11 is 0. The summed E-state index contributed by atoms with van der Waals surface area (Å²) < 4.78 is 0. The van der Waals surface area contributed by atoms with Gasteiger partial charge in [-0.25, -0.2) is 0 Å². The molecule has 1 aromatic carbocycles. The van der Waals surface area contributed by atoms with Gasteiger partial charge in [-0.3, -0.25) is 4.79 Å². The van der Waals surface area contributed by atoms with Crippen LogP contribution in [-0.4, -0.2) is 30.4 Å². The van der Waals surface area contributed by atoms with E-state index in [9.17, 15) is 4.79 Å². The van der Waals surface area contributed by atoms with Gasteiger partial charge in [-0.1, -0.05) is 17.7 Å². The van der Waals surface area contributed by atoms with Crippen LogP contribution in [0.15, 0.2) is 18.2 Å². The van der Waals surface area contributed by atoms with Crippen LogP contribution in [0.3, 0.4) is 0 Å². The number of nitrogens with one attached hydrogen (secondary N) is 1. The molecule has 0 unspecified atom stereocenters. The molecule has 0 spiro atoms. The van der Waals surface area contributed by atoms with E-state index in [2.05, 4.69) is 23.2 Å². The highest BCUT2D eigenvalue weighted by Gasteiger charge is 2.13. The molecule has 0 bridgehead atoms. The number of likely N-dealkylation sites (tertiary alicyclic amines) is 1. The summed E-state index contributed by atoms with van der Waals surface area (Å²) in [5.41, 5.74) is 3.29. The van der Waals surface area contributed by atoms with Crippen molar-refractivity contribution in [3.05, 3.63) is 29.3 Å². The van der Waals surface area contributed by atoms with E-state index >= 15 is 0 Å². The molecular weight excluding hydrogens is 224 g/mol. The molecule has 3 nitrogen and oxygen atoms in total. The van der Waals surface area contributed by atoms with E-state index in [4.69, 9.17) is 0 Å². The number of anilines is 1. The van der Waals surface area contributed by atoms with Crippen LogP contribution in [-0.2, 0) is 4.79 Å². The van der Waals surface area contributed by atoms with Gasteiger partial charge in [0.05, 0.1) is 0 Å². The molecule has 1 fully saturated rings. The SMILES string of the molecule is Cc1ccc(NC(=O)CCN2CCCC2)c(C)c1. The van der Waals surface area contributed by atoms with E-state index in [-0.39, 0.29) is 5.91 Å². The Morgan fingerprint density at radius 2 is 2.00 bits per heavy atom. The van der Waals surface area contributed by atoms with Crippen LogP contribution in [0.1, 0.15) is 30.4 Å². The van der Waals surface area contributed by atoms with Crippen molar-refractivity contribution in [2.24, 2.45) is 0 Å². The number of amides is 1. The molecule has 1 aliphatic rings. The van der Waals surface area contributed by atoms with Gasteiger partial charge in [-0.15, -0.1) is 0 Å². The van der Waals surface area contributed by atoms with Crippen molar-refractivity contribution in [1.82, 2.24) is 4.90 Å². The minimum Gasteiger partial charge on any atom is -0.326 e. The Morgan fingerprint density at radius 1 is 1.28 bits per heavy atom. The fourth-order valence-corrected chi connectivity index (χ4v) is 2.43. The zero-order valence-electron chi connectivity index (χ0n) is 11.3. The molecule has 1 amide bonds. The Kier molecular flexibility index (Phi) is 4.37. The van der Waals surface area contributed by atoms with Crippen molar-refractivity contribution in [3.8, 4) is 0 Å². The molecule has 1 N–H and O–H groups in total. The minimum absolute atomic E-state index is 0.119. The zero-order valence-corrected chi connectivity index (χ0v) is 11.3. The third kappa shape index (κ3) is 3.57. The third-order valence-electron chi connectivity index (χ3n) is 3.51. The predicted molar refractivity (Wildman–Crippen MR) is 74.8 cm³/mol. The van der Waals surface area contributed by atoms with Crippen LogP contribution in [0.2, 0.25) is 0 Å². The Bertz CT molecular complexity index is 423. The second-order valence-corrected chi connectivity index (χ2v) is 5.17. The fraction of sp³-hybridized carbons (Fsp3) is 0.533. The molecular formula is C15H22N2O. The molecule has 0 saturated carbocycles. The molecule has 0 aliphatic carbocycles. The fourth-order valence-electron chi connectivity index (χ4n) is 2.43. The molecule has 0 atom stereocenters. The first kappa shape index (κ1) is 13.1. The van der Waals surface area contributed by atoms with Crippen LogP contribution in [0.4, 0.5) is 5.69 Å². The van der Waals surface area contributed by atoms with Gasteiger partial charge < -0.3 is 10.2 Å². The first-order chi connectivity index (χ1) is 8.65. The Balaban J connectivity index is 1.82. The molecule has 1 aromatic rings. The van der Waals surface area contributed by atoms with Gasteiger partial charge in [-0.05, 0) is 51.4 Å². The summed E-state index contributed by atoms with van der Waals surface area (Å²) in [4.78, 5) is 14.2. The lowest BCUT2D eigenvalue weighted by Gasteiger charge is -2.14. The van der Waals surface area contributed by atoms with Gasteiger partial charge in [0, 0.05) is 18.7 Å². The van der Waals surface area contributed by atoms with Crippen molar-refractivity contribution in [2.75, 3.05) is 25.0 Å². The second kappa shape index (κ2) is 6.01. The van der Waals surface area contributed by atoms with Crippen LogP contribution >= 0.6 is 0 Å². The lowest BCUT2D eigenvalue weighted by atomic mass is 10.1. The largest absolute Gasteiger partial charge is 0.326 e. The van der Waals surface area contributed by atoms with Crippen LogP contribution in [0.25, 0.3) is 0 Å². The standard InChI is InChI=1S/C15H22N2O/c1-12-5-6-14(13(2)11-12)16-15(18)7-10-17-8-3-4-9-17/h5-6,11H,3-4,7-10H2,1-2H3,(H,16,18). The summed E-state index contributed by atoms with van der Waals surface area (Å²) in [7, 11) is 0. The van der Waals surface area contributed by atoms with E-state index in [0.29, 0.717) is 6.42 Å².